The zero-order valence-corrected chi connectivity index (χ0v) is 30.1. The van der Waals surface area contributed by atoms with Crippen molar-refractivity contribution in [1.82, 2.24) is 16.0 Å². The number of hydrogen-bond acceptors (Lipinski definition) is 6. The van der Waals surface area contributed by atoms with E-state index in [0.717, 1.165) is 16.8 Å². The number of allylic oxidation sites excluding steroid dienone is 9. The maximum absolute atomic E-state index is 13.8. The summed E-state index contributed by atoms with van der Waals surface area (Å²) in [6.45, 7) is 2.54. The Hall–Kier alpha value is -7.04. The van der Waals surface area contributed by atoms with Gasteiger partial charge >= 0.3 is 0 Å². The van der Waals surface area contributed by atoms with Crippen molar-refractivity contribution in [1.29, 1.82) is 0 Å². The topological polar surface area (TPSA) is 141 Å². The molecule has 1 unspecified atom stereocenters. The van der Waals surface area contributed by atoms with Gasteiger partial charge in [0.1, 0.15) is 6.61 Å². The van der Waals surface area contributed by atoms with Gasteiger partial charge in [-0.2, -0.15) is 0 Å². The summed E-state index contributed by atoms with van der Waals surface area (Å²) in [4.78, 5) is 53.9. The number of ether oxygens (including phenoxy) is 1. The largest absolute Gasteiger partial charge is 0.352 e. The minimum absolute atomic E-state index is 0.0937. The molecule has 1 heterocycles. The van der Waals surface area contributed by atoms with Gasteiger partial charge in [-0.1, -0.05) is 90.6 Å². The van der Waals surface area contributed by atoms with Crippen LogP contribution in [0.15, 0.2) is 174 Å². The second-order valence-electron chi connectivity index (χ2n) is 13.3. The fraction of sp³-hybridized carbons (Fsp3) is 0.111. The third-order valence-electron chi connectivity index (χ3n) is 9.10. The molecule has 10 nitrogen and oxygen atoms in total. The minimum atomic E-state index is -0.585. The van der Waals surface area contributed by atoms with Crippen LogP contribution in [0.25, 0.3) is 0 Å². The summed E-state index contributed by atoms with van der Waals surface area (Å²) >= 11 is 0. The summed E-state index contributed by atoms with van der Waals surface area (Å²) in [6, 6.07) is 29.8. The summed E-state index contributed by atoms with van der Waals surface area (Å²) in [7, 11) is 0. The van der Waals surface area contributed by atoms with Crippen LogP contribution < -0.4 is 26.6 Å². The van der Waals surface area contributed by atoms with Crippen LogP contribution >= 0.6 is 0 Å². The SMILES string of the molecule is CC1=CC=CC(NC(=O)c2cc(C(=O)NC3=CC=CC(NC4(c5ccccc5)CO4)=CC3)cc(C(=O)Nc3cccc(NC(=O)c4ccccc4)c3)c2)=CC1. The first-order valence-electron chi connectivity index (χ1n) is 17.9. The molecule has 0 radical (unpaired) electrons. The fourth-order valence-electron chi connectivity index (χ4n) is 6.06. The van der Waals surface area contributed by atoms with Crippen molar-refractivity contribution < 1.29 is 23.9 Å². The first-order valence-corrected chi connectivity index (χ1v) is 17.9. The van der Waals surface area contributed by atoms with Gasteiger partial charge in [0.2, 0.25) is 0 Å². The maximum atomic E-state index is 13.8. The number of nitrogens with one attached hydrogen (secondary N) is 5. The zero-order chi connectivity index (χ0) is 38.2. The molecular formula is C45H39N5O5. The number of carbonyl (C=O) groups is 4. The average Bonchev–Trinajstić information content (AvgIpc) is 4.04. The van der Waals surface area contributed by atoms with E-state index in [1.54, 1.807) is 60.7 Å². The van der Waals surface area contributed by atoms with E-state index in [9.17, 15) is 19.2 Å². The van der Waals surface area contributed by atoms with Crippen LogP contribution in [0.3, 0.4) is 0 Å². The number of carbonyl (C=O) groups excluding carboxylic acids is 4. The molecule has 0 spiro atoms. The van der Waals surface area contributed by atoms with Crippen molar-refractivity contribution in [2.75, 3.05) is 17.2 Å². The van der Waals surface area contributed by atoms with Gasteiger partial charge in [0, 0.05) is 62.7 Å². The summed E-state index contributed by atoms with van der Waals surface area (Å²) < 4.78 is 5.81. The lowest BCUT2D eigenvalue weighted by atomic mass is 10.0. The van der Waals surface area contributed by atoms with Crippen LogP contribution in [0.1, 0.15) is 66.8 Å². The highest BCUT2D eigenvalue weighted by Gasteiger charge is 2.46. The molecule has 1 aliphatic heterocycles. The van der Waals surface area contributed by atoms with E-state index in [2.05, 4.69) is 26.6 Å². The summed E-state index contributed by atoms with van der Waals surface area (Å²) in [5.74, 6) is -1.81. The van der Waals surface area contributed by atoms with Crippen molar-refractivity contribution in [2.45, 2.75) is 25.5 Å². The summed E-state index contributed by atoms with van der Waals surface area (Å²) in [5.41, 5.74) is 5.37. The molecule has 1 saturated heterocycles. The highest BCUT2D eigenvalue weighted by Crippen LogP contribution is 2.37. The standard InChI is InChI=1S/C45H39N5O5/c1-30-11-8-16-36(22-21-30)46-42(52)32-25-33(43(53)47-37-17-9-18-38(24-23-37)50-45(29-55-45)35-14-6-3-7-15-35)27-34(26-32)44(54)49-40-20-10-19-39(28-40)48-41(51)31-12-4-2-5-13-31/h2-20,22,24-28,50H,21,23,29H2,1H3,(H,46,52)(H,47,53)(H,48,51)(H,49,54). The van der Waals surface area contributed by atoms with Crippen LogP contribution in [0.2, 0.25) is 0 Å². The molecule has 4 aromatic carbocycles. The molecule has 0 saturated carbocycles. The van der Waals surface area contributed by atoms with Gasteiger partial charge in [-0.25, -0.2) is 0 Å². The minimum Gasteiger partial charge on any atom is -0.352 e. The highest BCUT2D eigenvalue weighted by atomic mass is 16.6. The van der Waals surface area contributed by atoms with Gasteiger partial charge < -0.3 is 31.3 Å². The monoisotopic (exact) mass is 729 g/mol. The Labute approximate surface area is 319 Å². The van der Waals surface area contributed by atoms with Crippen LogP contribution in [-0.2, 0) is 10.5 Å². The molecule has 1 atom stereocenters. The molecule has 7 rings (SSSR count). The van der Waals surface area contributed by atoms with Crippen LogP contribution in [-0.4, -0.2) is 30.2 Å². The number of anilines is 2. The Morgan fingerprint density at radius 3 is 1.76 bits per heavy atom. The molecule has 0 bridgehead atoms. The van der Waals surface area contributed by atoms with Gasteiger partial charge in [0.05, 0.1) is 0 Å². The quantitative estimate of drug-likeness (QED) is 0.101. The number of hydrogen-bond donors (Lipinski definition) is 5. The lowest BCUT2D eigenvalue weighted by molar-refractivity contribution is 0.0964. The van der Waals surface area contributed by atoms with E-state index < -0.39 is 23.4 Å². The fourth-order valence-corrected chi connectivity index (χ4v) is 6.06. The molecule has 10 heteroatoms. The van der Waals surface area contributed by atoms with Gasteiger partial charge in [-0.3, -0.25) is 19.2 Å². The molecule has 1 fully saturated rings. The van der Waals surface area contributed by atoms with Crippen LogP contribution in [0.4, 0.5) is 11.4 Å². The van der Waals surface area contributed by atoms with E-state index in [1.807, 2.05) is 79.8 Å². The molecule has 4 amide bonds. The third kappa shape index (κ3) is 9.31. The Bertz CT molecular complexity index is 2330. The number of rotatable bonds is 11. The predicted octanol–water partition coefficient (Wildman–Crippen LogP) is 7.64. The van der Waals surface area contributed by atoms with Gasteiger partial charge in [-0.05, 0) is 80.1 Å². The molecular weight excluding hydrogens is 691 g/mol. The van der Waals surface area contributed by atoms with E-state index in [0.29, 0.717) is 47.8 Å². The van der Waals surface area contributed by atoms with E-state index >= 15 is 0 Å². The van der Waals surface area contributed by atoms with Crippen molar-refractivity contribution in [3.8, 4) is 0 Å². The van der Waals surface area contributed by atoms with Crippen molar-refractivity contribution in [3.05, 3.63) is 202 Å². The van der Waals surface area contributed by atoms with E-state index in [-0.39, 0.29) is 22.6 Å². The second-order valence-corrected chi connectivity index (χ2v) is 13.3. The summed E-state index contributed by atoms with van der Waals surface area (Å²) in [5, 5.41) is 15.0. The number of benzene rings is 4. The molecule has 5 N–H and O–H groups in total. The van der Waals surface area contributed by atoms with Crippen molar-refractivity contribution in [3.63, 3.8) is 0 Å². The molecule has 4 aromatic rings. The molecule has 55 heavy (non-hydrogen) atoms. The summed E-state index contributed by atoms with van der Waals surface area (Å²) in [6.07, 6.45) is 16.1. The van der Waals surface area contributed by atoms with Crippen LogP contribution in [0, 0.1) is 0 Å². The maximum Gasteiger partial charge on any atom is 0.255 e. The zero-order valence-electron chi connectivity index (χ0n) is 30.1. The number of amides is 4. The smallest absolute Gasteiger partial charge is 0.255 e. The van der Waals surface area contributed by atoms with Crippen molar-refractivity contribution in [2.24, 2.45) is 0 Å². The van der Waals surface area contributed by atoms with Gasteiger partial charge in [-0.15, -0.1) is 0 Å². The Morgan fingerprint density at radius 1 is 0.564 bits per heavy atom. The normalized spacial score (nSPS) is 17.2. The van der Waals surface area contributed by atoms with Crippen LogP contribution in [0.5, 0.6) is 0 Å². The Kier molecular flexibility index (Phi) is 10.8. The third-order valence-corrected chi connectivity index (χ3v) is 9.10. The lowest BCUT2D eigenvalue weighted by Gasteiger charge is -2.16. The highest BCUT2D eigenvalue weighted by molar-refractivity contribution is 6.10. The van der Waals surface area contributed by atoms with Crippen molar-refractivity contribution >= 4 is 35.0 Å². The van der Waals surface area contributed by atoms with E-state index in [4.69, 9.17) is 4.74 Å². The number of epoxide rings is 1. The molecule has 3 aliphatic rings. The Balaban J connectivity index is 1.09. The van der Waals surface area contributed by atoms with E-state index in [1.165, 1.54) is 18.2 Å². The van der Waals surface area contributed by atoms with Gasteiger partial charge in [0.25, 0.3) is 23.6 Å². The van der Waals surface area contributed by atoms with Gasteiger partial charge in [0.15, 0.2) is 5.72 Å². The molecule has 2 aliphatic carbocycles. The average molecular weight is 730 g/mol. The predicted molar refractivity (Wildman–Crippen MR) is 213 cm³/mol. The first-order chi connectivity index (χ1) is 26.7. The Morgan fingerprint density at radius 2 is 1.11 bits per heavy atom. The first kappa shape index (κ1) is 36.3. The lowest BCUT2D eigenvalue weighted by Crippen LogP contribution is -2.29. The second kappa shape index (κ2) is 16.3. The molecule has 0 aromatic heterocycles. The molecule has 274 valence electrons.